The van der Waals surface area contributed by atoms with Crippen LogP contribution in [0.5, 0.6) is 0 Å². The number of aliphatic hydroxyl groups is 1. The molecule has 0 radical (unpaired) electrons. The van der Waals surface area contributed by atoms with Gasteiger partial charge < -0.3 is 14.7 Å². The number of thiazole rings is 1. The summed E-state index contributed by atoms with van der Waals surface area (Å²) in [4.78, 5) is 18.7. The second-order valence-electron chi connectivity index (χ2n) is 6.17. The Morgan fingerprint density at radius 1 is 1.48 bits per heavy atom. The summed E-state index contributed by atoms with van der Waals surface area (Å²) < 4.78 is 5.47. The number of piperidine rings is 1. The highest BCUT2D eigenvalue weighted by Crippen LogP contribution is 2.41. The number of carbonyl (C=O) groups is 1. The largest absolute Gasteiger partial charge is 0.394 e. The van der Waals surface area contributed by atoms with Crippen LogP contribution >= 0.6 is 11.3 Å². The number of ether oxygens (including phenoxy) is 1. The lowest BCUT2D eigenvalue weighted by atomic mass is 9.72. The minimum atomic E-state index is -0.0374. The Labute approximate surface area is 128 Å². The quantitative estimate of drug-likeness (QED) is 0.918. The Bertz CT molecular complexity index is 471. The lowest BCUT2D eigenvalue weighted by Gasteiger charge is -2.48. The molecule has 6 heteroatoms. The molecule has 1 aromatic heterocycles. The van der Waals surface area contributed by atoms with Crippen LogP contribution in [0.15, 0.2) is 10.9 Å². The number of nitrogens with zero attached hydrogens (tertiary/aromatic N) is 2. The van der Waals surface area contributed by atoms with E-state index in [0.717, 1.165) is 51.1 Å². The van der Waals surface area contributed by atoms with Crippen molar-refractivity contribution in [3.05, 3.63) is 16.6 Å². The Hall–Kier alpha value is -0.980. The number of hydrogen-bond acceptors (Lipinski definition) is 5. The molecule has 1 N–H and O–H groups in total. The fourth-order valence-electron chi connectivity index (χ4n) is 3.47. The van der Waals surface area contributed by atoms with Gasteiger partial charge in [-0.2, -0.15) is 0 Å². The van der Waals surface area contributed by atoms with Gasteiger partial charge in [0.1, 0.15) is 0 Å². The van der Waals surface area contributed by atoms with Gasteiger partial charge in [0.15, 0.2) is 0 Å². The van der Waals surface area contributed by atoms with Crippen molar-refractivity contribution < 1.29 is 14.6 Å². The average Bonchev–Trinajstić information content (AvgIpc) is 3.01. The zero-order valence-corrected chi connectivity index (χ0v) is 13.0. The maximum atomic E-state index is 12.6. The van der Waals surface area contributed by atoms with E-state index in [2.05, 4.69) is 4.98 Å². The van der Waals surface area contributed by atoms with Crippen molar-refractivity contribution in [2.45, 2.75) is 38.1 Å². The van der Waals surface area contributed by atoms with Crippen LogP contribution in [0.1, 0.15) is 31.4 Å². The van der Waals surface area contributed by atoms with Gasteiger partial charge in [-0.25, -0.2) is 4.98 Å². The minimum Gasteiger partial charge on any atom is -0.394 e. The minimum absolute atomic E-state index is 0.0374. The summed E-state index contributed by atoms with van der Waals surface area (Å²) in [6.45, 7) is 2.38. The number of amides is 1. The summed E-state index contributed by atoms with van der Waals surface area (Å²) in [5.41, 5.74) is 2.78. The van der Waals surface area contributed by atoms with E-state index >= 15 is 0 Å². The summed E-state index contributed by atoms with van der Waals surface area (Å²) in [5, 5.41) is 11.5. The van der Waals surface area contributed by atoms with E-state index in [1.807, 2.05) is 10.3 Å². The Kier molecular flexibility index (Phi) is 4.57. The van der Waals surface area contributed by atoms with Gasteiger partial charge in [0.05, 0.1) is 30.3 Å². The van der Waals surface area contributed by atoms with Gasteiger partial charge in [0.25, 0.3) is 0 Å². The monoisotopic (exact) mass is 310 g/mol. The molecule has 21 heavy (non-hydrogen) atoms. The average molecular weight is 310 g/mol. The molecule has 0 saturated carbocycles. The number of aliphatic hydroxyl groups excluding tert-OH is 1. The standard InChI is InChI=1S/C15H22N2O3S/c18-8-13-1-2-15(3-5-20-6-4-15)10-17(13)14(19)7-12-9-21-11-16-12/h9,11,13,18H,1-8,10H2. The van der Waals surface area contributed by atoms with Crippen molar-refractivity contribution in [3.8, 4) is 0 Å². The van der Waals surface area contributed by atoms with Crippen molar-refractivity contribution in [2.24, 2.45) is 5.41 Å². The second-order valence-corrected chi connectivity index (χ2v) is 6.88. The van der Waals surface area contributed by atoms with Gasteiger partial charge in [-0.05, 0) is 31.1 Å². The molecule has 2 aliphatic rings. The molecule has 1 atom stereocenters. The van der Waals surface area contributed by atoms with E-state index in [-0.39, 0.29) is 24.0 Å². The van der Waals surface area contributed by atoms with Crippen LogP contribution in [0, 0.1) is 5.41 Å². The maximum absolute atomic E-state index is 12.6. The van der Waals surface area contributed by atoms with Crippen LogP contribution in [0.3, 0.4) is 0 Å². The van der Waals surface area contributed by atoms with Crippen molar-refractivity contribution in [1.29, 1.82) is 0 Å². The van der Waals surface area contributed by atoms with E-state index in [4.69, 9.17) is 4.74 Å². The van der Waals surface area contributed by atoms with Crippen LogP contribution in [-0.2, 0) is 16.0 Å². The molecule has 1 amide bonds. The highest BCUT2D eigenvalue weighted by Gasteiger charge is 2.42. The first-order valence-corrected chi connectivity index (χ1v) is 8.52. The van der Waals surface area contributed by atoms with E-state index < -0.39 is 0 Å². The highest BCUT2D eigenvalue weighted by atomic mass is 32.1. The third kappa shape index (κ3) is 3.27. The van der Waals surface area contributed by atoms with Crippen LogP contribution in [-0.4, -0.2) is 53.3 Å². The fourth-order valence-corrected chi connectivity index (χ4v) is 4.03. The summed E-state index contributed by atoms with van der Waals surface area (Å²) in [6, 6.07) is -0.0374. The van der Waals surface area contributed by atoms with Gasteiger partial charge in [0, 0.05) is 25.1 Å². The molecular weight excluding hydrogens is 288 g/mol. The van der Waals surface area contributed by atoms with Crippen molar-refractivity contribution in [3.63, 3.8) is 0 Å². The number of rotatable bonds is 3. The number of hydrogen-bond donors (Lipinski definition) is 1. The molecule has 0 aliphatic carbocycles. The Morgan fingerprint density at radius 3 is 2.95 bits per heavy atom. The molecule has 1 spiro atoms. The Morgan fingerprint density at radius 2 is 2.29 bits per heavy atom. The number of aromatic nitrogens is 1. The fraction of sp³-hybridized carbons (Fsp3) is 0.733. The van der Waals surface area contributed by atoms with Crippen molar-refractivity contribution in [2.75, 3.05) is 26.4 Å². The van der Waals surface area contributed by atoms with Crippen LogP contribution in [0.2, 0.25) is 0 Å². The molecule has 0 aromatic carbocycles. The predicted octanol–water partition coefficient (Wildman–Crippen LogP) is 1.47. The number of carbonyl (C=O) groups excluding carboxylic acids is 1. The molecule has 1 aromatic rings. The lowest BCUT2D eigenvalue weighted by Crippen LogP contribution is -2.54. The molecule has 2 fully saturated rings. The molecule has 2 saturated heterocycles. The summed E-state index contributed by atoms with van der Waals surface area (Å²) >= 11 is 1.51. The van der Waals surface area contributed by atoms with E-state index in [1.54, 1.807) is 5.51 Å². The predicted molar refractivity (Wildman–Crippen MR) is 80.1 cm³/mol. The Balaban J connectivity index is 1.71. The zero-order valence-electron chi connectivity index (χ0n) is 12.2. The first-order valence-electron chi connectivity index (χ1n) is 7.58. The van der Waals surface area contributed by atoms with Gasteiger partial charge in [-0.3, -0.25) is 4.79 Å². The van der Waals surface area contributed by atoms with E-state index in [9.17, 15) is 9.90 Å². The molecule has 5 nitrogen and oxygen atoms in total. The lowest BCUT2D eigenvalue weighted by molar-refractivity contribution is -0.142. The third-order valence-corrected chi connectivity index (χ3v) is 5.49. The number of likely N-dealkylation sites (tertiary alicyclic amines) is 1. The third-order valence-electron chi connectivity index (χ3n) is 4.85. The van der Waals surface area contributed by atoms with Gasteiger partial charge in [-0.15, -0.1) is 11.3 Å². The molecular formula is C15H22N2O3S. The van der Waals surface area contributed by atoms with Crippen molar-refractivity contribution >= 4 is 17.2 Å². The SMILES string of the molecule is O=C(Cc1cscn1)N1CC2(CCOCC2)CCC1CO. The first kappa shape index (κ1) is 14.9. The van der Waals surface area contributed by atoms with Gasteiger partial charge >= 0.3 is 0 Å². The maximum Gasteiger partial charge on any atom is 0.228 e. The second kappa shape index (κ2) is 6.42. The highest BCUT2D eigenvalue weighted by molar-refractivity contribution is 7.07. The molecule has 1 unspecified atom stereocenters. The van der Waals surface area contributed by atoms with Crippen molar-refractivity contribution in [1.82, 2.24) is 9.88 Å². The van der Waals surface area contributed by atoms with E-state index in [1.165, 1.54) is 11.3 Å². The summed E-state index contributed by atoms with van der Waals surface area (Å²) in [7, 11) is 0. The molecule has 2 aliphatic heterocycles. The molecule has 0 bridgehead atoms. The van der Waals surface area contributed by atoms with Crippen LogP contribution in [0.25, 0.3) is 0 Å². The normalized spacial score (nSPS) is 25.2. The first-order chi connectivity index (χ1) is 10.2. The molecule has 3 rings (SSSR count). The molecule has 116 valence electrons. The molecule has 3 heterocycles. The van der Waals surface area contributed by atoms with Crippen LogP contribution < -0.4 is 0 Å². The smallest absolute Gasteiger partial charge is 0.228 e. The topological polar surface area (TPSA) is 62.7 Å². The van der Waals surface area contributed by atoms with E-state index in [0.29, 0.717) is 6.42 Å². The zero-order chi connectivity index (χ0) is 14.7. The summed E-state index contributed by atoms with van der Waals surface area (Å²) in [6.07, 6.45) is 4.35. The summed E-state index contributed by atoms with van der Waals surface area (Å²) in [5.74, 6) is 0.0884. The van der Waals surface area contributed by atoms with Gasteiger partial charge in [-0.1, -0.05) is 0 Å². The van der Waals surface area contributed by atoms with Crippen LogP contribution in [0.4, 0.5) is 0 Å². The van der Waals surface area contributed by atoms with Gasteiger partial charge in [0.2, 0.25) is 5.91 Å².